The Labute approximate surface area is 338 Å². The van der Waals surface area contributed by atoms with Crippen LogP contribution in [0.15, 0.2) is 138 Å². The Morgan fingerprint density at radius 1 is 0.636 bits per heavy atom. The molecular formula is C51H42IrN2O-2. The van der Waals surface area contributed by atoms with Gasteiger partial charge in [-0.1, -0.05) is 147 Å². The average Bonchev–Trinajstić information content (AvgIpc) is 3.68. The van der Waals surface area contributed by atoms with Crippen molar-refractivity contribution in [2.24, 2.45) is 0 Å². The van der Waals surface area contributed by atoms with Crippen molar-refractivity contribution in [2.45, 2.75) is 58.8 Å². The van der Waals surface area contributed by atoms with Crippen molar-refractivity contribution in [3.05, 3.63) is 168 Å². The predicted octanol–water partition coefficient (Wildman–Crippen LogP) is 13.9. The first-order valence-electron chi connectivity index (χ1n) is 19.2. The maximum absolute atomic E-state index is 8.22. The van der Waals surface area contributed by atoms with Crippen molar-refractivity contribution >= 4 is 43.5 Å². The van der Waals surface area contributed by atoms with Crippen molar-refractivity contribution in [3.8, 4) is 33.6 Å². The minimum Gasteiger partial charge on any atom is -0.501 e. The van der Waals surface area contributed by atoms with Gasteiger partial charge in [-0.3, -0.25) is 0 Å². The fourth-order valence-corrected chi connectivity index (χ4v) is 8.05. The first kappa shape index (κ1) is 35.3. The molecule has 0 aliphatic heterocycles. The van der Waals surface area contributed by atoms with E-state index in [0.717, 1.165) is 50.0 Å². The Balaban J connectivity index is 0.000000160. The summed E-state index contributed by atoms with van der Waals surface area (Å²) in [7, 11) is 0. The minimum atomic E-state index is -0.634. The summed E-state index contributed by atoms with van der Waals surface area (Å²) >= 11 is 0. The molecule has 3 aromatic heterocycles. The van der Waals surface area contributed by atoms with E-state index < -0.39 is 5.89 Å². The summed E-state index contributed by atoms with van der Waals surface area (Å²) in [5.74, 6) is -0.188. The Kier molecular flexibility index (Phi) is 9.21. The van der Waals surface area contributed by atoms with Crippen LogP contribution >= 0.6 is 0 Å². The van der Waals surface area contributed by atoms with Crippen LogP contribution in [0.4, 0.5) is 0 Å². The molecule has 3 heterocycles. The van der Waals surface area contributed by atoms with Crippen LogP contribution in [0.5, 0.6) is 0 Å². The van der Waals surface area contributed by atoms with Crippen LogP contribution in [0.25, 0.3) is 77.1 Å². The molecule has 0 bridgehead atoms. The molecule has 0 saturated carbocycles. The van der Waals surface area contributed by atoms with E-state index in [0.29, 0.717) is 5.92 Å². The Hall–Kier alpha value is -5.41. The molecule has 55 heavy (non-hydrogen) atoms. The van der Waals surface area contributed by atoms with Gasteiger partial charge < -0.3 is 14.4 Å². The van der Waals surface area contributed by atoms with Crippen molar-refractivity contribution < 1.29 is 25.9 Å². The summed E-state index contributed by atoms with van der Waals surface area (Å²) in [5.41, 5.74) is 13.0. The second-order valence-corrected chi connectivity index (χ2v) is 15.5. The molecule has 4 heteroatoms. The van der Waals surface area contributed by atoms with Gasteiger partial charge in [0.25, 0.3) is 0 Å². The van der Waals surface area contributed by atoms with Gasteiger partial charge in [0.1, 0.15) is 5.58 Å². The van der Waals surface area contributed by atoms with Crippen molar-refractivity contribution in [2.75, 3.05) is 0 Å². The Morgan fingerprint density at radius 2 is 1.36 bits per heavy atom. The SMILES string of the molecule is CC(C)c1ccnc(-c2[c-]ccc3c2oc2cc4c(cc23)-c2ccccc2C4(C)C)c1.[2H]C(C)(C)c1ccnc(-c2[c-]cc3c(ccc4ccccc43)c2)c1.[Ir]. The summed E-state index contributed by atoms with van der Waals surface area (Å²) in [6, 6.07) is 49.2. The molecule has 0 spiro atoms. The van der Waals surface area contributed by atoms with Gasteiger partial charge in [0.15, 0.2) is 0 Å². The van der Waals surface area contributed by atoms with Gasteiger partial charge in [0.2, 0.25) is 0 Å². The number of hydrogen-bond acceptors (Lipinski definition) is 3. The second-order valence-electron chi connectivity index (χ2n) is 15.5. The molecule has 9 aromatic rings. The van der Waals surface area contributed by atoms with Crippen LogP contribution in [0.1, 0.15) is 77.0 Å². The Morgan fingerprint density at radius 3 is 2.18 bits per heavy atom. The van der Waals surface area contributed by atoms with Gasteiger partial charge in [-0.2, -0.15) is 0 Å². The molecule has 10 rings (SSSR count). The van der Waals surface area contributed by atoms with Crippen molar-refractivity contribution in [1.29, 1.82) is 0 Å². The molecule has 273 valence electrons. The zero-order valence-electron chi connectivity index (χ0n) is 32.9. The Bertz CT molecular complexity index is 2940. The van der Waals surface area contributed by atoms with Crippen LogP contribution in [-0.2, 0) is 25.5 Å². The molecule has 0 unspecified atom stereocenters. The average molecular weight is 892 g/mol. The smallest absolute Gasteiger partial charge is 0.121 e. The first-order valence-corrected chi connectivity index (χ1v) is 18.7. The van der Waals surface area contributed by atoms with Crippen LogP contribution in [-0.4, -0.2) is 9.97 Å². The van der Waals surface area contributed by atoms with Gasteiger partial charge >= 0.3 is 0 Å². The quantitative estimate of drug-likeness (QED) is 0.131. The zero-order valence-corrected chi connectivity index (χ0v) is 34.3. The topological polar surface area (TPSA) is 38.9 Å². The monoisotopic (exact) mass is 892 g/mol. The number of aromatic nitrogens is 2. The number of furan rings is 1. The van der Waals surface area contributed by atoms with Crippen LogP contribution in [0.3, 0.4) is 0 Å². The molecule has 1 aliphatic carbocycles. The summed E-state index contributed by atoms with van der Waals surface area (Å²) in [4.78, 5) is 9.11. The van der Waals surface area contributed by atoms with E-state index in [-0.39, 0.29) is 25.5 Å². The third-order valence-electron chi connectivity index (χ3n) is 11.1. The fourth-order valence-electron chi connectivity index (χ4n) is 8.05. The number of nitrogens with zero attached hydrogens (tertiary/aromatic N) is 2. The summed E-state index contributed by atoms with van der Waals surface area (Å²) in [5, 5.41) is 7.13. The molecule has 1 aliphatic rings. The molecule has 0 atom stereocenters. The second kappa shape index (κ2) is 14.3. The molecule has 1 radical (unpaired) electrons. The first-order chi connectivity index (χ1) is 26.5. The number of hydrogen-bond donors (Lipinski definition) is 0. The van der Waals surface area contributed by atoms with E-state index in [1.54, 1.807) is 6.20 Å². The summed E-state index contributed by atoms with van der Waals surface area (Å²) in [6.07, 6.45) is 3.66. The third-order valence-corrected chi connectivity index (χ3v) is 11.1. The maximum Gasteiger partial charge on any atom is 0.121 e. The zero-order chi connectivity index (χ0) is 38.1. The summed E-state index contributed by atoms with van der Waals surface area (Å²) in [6.45, 7) is 12.8. The molecule has 0 saturated heterocycles. The molecule has 3 nitrogen and oxygen atoms in total. The predicted molar refractivity (Wildman–Crippen MR) is 225 cm³/mol. The van der Waals surface area contributed by atoms with E-state index in [1.165, 1.54) is 49.4 Å². The van der Waals surface area contributed by atoms with Gasteiger partial charge in [-0.25, -0.2) is 0 Å². The standard InChI is InChI=1S/C29H24NO.C22H18N.Ir/c1-17(2)18-12-13-30-26(14-18)21-10-7-9-20-23-15-22-19-8-5-6-11-24(19)29(3,4)25(22)16-27(23)31-28(20)21;1-15(2)17-11-12-23-22(14-17)19-9-10-21-18(13-19)8-7-16-5-3-4-6-20(16)21;/h5-9,11-17H,1-4H3;3-8,10-15H,1-2H3;/q2*-1;/i;15D;. The minimum absolute atomic E-state index is 0. The van der Waals surface area contributed by atoms with E-state index in [2.05, 4.69) is 147 Å². The molecule has 0 amide bonds. The molecule has 0 N–H and O–H groups in total. The van der Waals surface area contributed by atoms with E-state index in [4.69, 9.17) is 5.79 Å². The van der Waals surface area contributed by atoms with Gasteiger partial charge in [0.05, 0.1) is 5.58 Å². The van der Waals surface area contributed by atoms with Gasteiger partial charge in [-0.05, 0) is 75.1 Å². The number of benzene rings is 6. The molecule has 6 aromatic carbocycles. The van der Waals surface area contributed by atoms with Crippen LogP contribution in [0, 0.1) is 12.1 Å². The van der Waals surface area contributed by atoms with E-state index in [1.807, 2.05) is 44.3 Å². The summed E-state index contributed by atoms with van der Waals surface area (Å²) < 4.78 is 14.7. The molecule has 0 fully saturated rings. The normalized spacial score (nSPS) is 13.3. The van der Waals surface area contributed by atoms with Gasteiger partial charge in [0, 0.05) is 44.7 Å². The largest absolute Gasteiger partial charge is 0.501 e. The molecular weight excluding hydrogens is 849 g/mol. The third kappa shape index (κ3) is 6.38. The maximum atomic E-state index is 8.22. The van der Waals surface area contributed by atoms with Crippen LogP contribution in [0.2, 0.25) is 0 Å². The number of pyridine rings is 2. The van der Waals surface area contributed by atoms with E-state index in [9.17, 15) is 0 Å². The van der Waals surface area contributed by atoms with Crippen LogP contribution < -0.4 is 0 Å². The van der Waals surface area contributed by atoms with Gasteiger partial charge in [-0.15, -0.1) is 47.3 Å². The van der Waals surface area contributed by atoms with E-state index >= 15 is 0 Å². The van der Waals surface area contributed by atoms with Crippen molar-refractivity contribution in [3.63, 3.8) is 0 Å². The number of fused-ring (bicyclic) bond motifs is 9. The van der Waals surface area contributed by atoms with Crippen molar-refractivity contribution in [1.82, 2.24) is 9.97 Å². The fraction of sp³-hybridized carbons (Fsp3) is 0.176. The number of rotatable bonds is 4.